The third kappa shape index (κ3) is 5.70. The van der Waals surface area contributed by atoms with Gasteiger partial charge in [0.2, 0.25) is 0 Å². The Morgan fingerprint density at radius 1 is 0.935 bits per heavy atom. The van der Waals surface area contributed by atoms with Crippen molar-refractivity contribution in [3.8, 4) is 0 Å². The van der Waals surface area contributed by atoms with E-state index in [-0.39, 0.29) is 11.9 Å². The van der Waals surface area contributed by atoms with Crippen molar-refractivity contribution in [2.75, 3.05) is 37.6 Å². The Balaban J connectivity index is 1.30. The van der Waals surface area contributed by atoms with Crippen molar-refractivity contribution in [2.24, 2.45) is 0 Å². The standard InChI is InChI=1S/C26H30N4O/c1-21(20-29-15-17-30(18-16-29)25-13-7-8-14-27-25)28-26(31)24-12-6-5-11-23(24)19-22-9-3-2-4-10-22/h2-14,21H,15-20H2,1H3,(H,28,31). The van der Waals surface area contributed by atoms with Gasteiger partial charge in [0.1, 0.15) is 5.82 Å². The van der Waals surface area contributed by atoms with Crippen LogP contribution in [0.1, 0.15) is 28.4 Å². The molecule has 1 aliphatic heterocycles. The number of nitrogens with one attached hydrogen (secondary N) is 1. The summed E-state index contributed by atoms with van der Waals surface area (Å²) in [4.78, 5) is 22.2. The highest BCUT2D eigenvalue weighted by Gasteiger charge is 2.21. The number of carbonyl (C=O) groups is 1. The number of nitrogens with zero attached hydrogens (tertiary/aromatic N) is 3. The Bertz CT molecular complexity index is 969. The summed E-state index contributed by atoms with van der Waals surface area (Å²) in [6.07, 6.45) is 2.60. The highest BCUT2D eigenvalue weighted by atomic mass is 16.1. The second-order valence-corrected chi connectivity index (χ2v) is 8.17. The first-order valence-electron chi connectivity index (χ1n) is 11.0. The number of piperazine rings is 1. The highest BCUT2D eigenvalue weighted by molar-refractivity contribution is 5.96. The first-order chi connectivity index (χ1) is 15.2. The first-order valence-corrected chi connectivity index (χ1v) is 11.0. The van der Waals surface area contributed by atoms with Crippen LogP contribution in [0.3, 0.4) is 0 Å². The summed E-state index contributed by atoms with van der Waals surface area (Å²) in [7, 11) is 0. The lowest BCUT2D eigenvalue weighted by Crippen LogP contribution is -2.51. The molecule has 0 radical (unpaired) electrons. The molecule has 1 saturated heterocycles. The van der Waals surface area contributed by atoms with Gasteiger partial charge in [-0.15, -0.1) is 0 Å². The minimum Gasteiger partial charge on any atom is -0.354 e. The molecule has 3 aromatic rings. The maximum atomic E-state index is 13.0. The fourth-order valence-electron chi connectivity index (χ4n) is 4.15. The van der Waals surface area contributed by atoms with Crippen LogP contribution >= 0.6 is 0 Å². The fraction of sp³-hybridized carbons (Fsp3) is 0.308. The number of rotatable bonds is 7. The summed E-state index contributed by atoms with van der Waals surface area (Å²) in [6.45, 7) is 6.80. The van der Waals surface area contributed by atoms with Crippen LogP contribution < -0.4 is 10.2 Å². The second-order valence-electron chi connectivity index (χ2n) is 8.17. The van der Waals surface area contributed by atoms with Gasteiger partial charge in [-0.1, -0.05) is 54.6 Å². The molecule has 0 bridgehead atoms. The summed E-state index contributed by atoms with van der Waals surface area (Å²) >= 11 is 0. The van der Waals surface area contributed by atoms with E-state index in [1.165, 1.54) is 5.56 Å². The average molecular weight is 415 g/mol. The van der Waals surface area contributed by atoms with Crippen LogP contribution in [-0.4, -0.2) is 54.6 Å². The molecule has 5 heteroatoms. The Hall–Kier alpha value is -3.18. The van der Waals surface area contributed by atoms with E-state index in [0.29, 0.717) is 0 Å². The fourth-order valence-corrected chi connectivity index (χ4v) is 4.15. The molecule has 1 atom stereocenters. The number of hydrogen-bond acceptors (Lipinski definition) is 4. The van der Waals surface area contributed by atoms with E-state index >= 15 is 0 Å². The molecule has 1 fully saturated rings. The number of carbonyl (C=O) groups excluding carboxylic acids is 1. The van der Waals surface area contributed by atoms with E-state index in [1.807, 2.05) is 60.8 Å². The third-order valence-electron chi connectivity index (χ3n) is 5.75. The molecular weight excluding hydrogens is 384 g/mol. The van der Waals surface area contributed by atoms with E-state index < -0.39 is 0 Å². The van der Waals surface area contributed by atoms with E-state index in [4.69, 9.17) is 0 Å². The predicted octanol–water partition coefficient (Wildman–Crippen LogP) is 3.61. The van der Waals surface area contributed by atoms with Crippen LogP contribution in [0.5, 0.6) is 0 Å². The van der Waals surface area contributed by atoms with Crippen molar-refractivity contribution < 1.29 is 4.79 Å². The first kappa shape index (κ1) is 21.1. The zero-order valence-corrected chi connectivity index (χ0v) is 18.1. The van der Waals surface area contributed by atoms with E-state index in [0.717, 1.165) is 56.1 Å². The van der Waals surface area contributed by atoms with Crippen LogP contribution in [0.4, 0.5) is 5.82 Å². The molecule has 2 heterocycles. The van der Waals surface area contributed by atoms with Crippen molar-refractivity contribution in [3.05, 3.63) is 95.7 Å². The van der Waals surface area contributed by atoms with Gasteiger partial charge in [-0.2, -0.15) is 0 Å². The molecule has 5 nitrogen and oxygen atoms in total. The summed E-state index contributed by atoms with van der Waals surface area (Å²) < 4.78 is 0. The van der Waals surface area contributed by atoms with Gasteiger partial charge in [-0.25, -0.2) is 4.98 Å². The van der Waals surface area contributed by atoms with Gasteiger partial charge < -0.3 is 10.2 Å². The smallest absolute Gasteiger partial charge is 0.251 e. The van der Waals surface area contributed by atoms with Crippen molar-refractivity contribution in [3.63, 3.8) is 0 Å². The summed E-state index contributed by atoms with van der Waals surface area (Å²) in [5.41, 5.74) is 3.03. The van der Waals surface area contributed by atoms with E-state index in [2.05, 4.69) is 45.2 Å². The van der Waals surface area contributed by atoms with Crippen LogP contribution in [-0.2, 0) is 6.42 Å². The number of aromatic nitrogens is 1. The molecule has 1 amide bonds. The molecule has 2 aromatic carbocycles. The third-order valence-corrected chi connectivity index (χ3v) is 5.75. The van der Waals surface area contributed by atoms with Crippen LogP contribution in [0.15, 0.2) is 79.0 Å². The monoisotopic (exact) mass is 414 g/mol. The lowest BCUT2D eigenvalue weighted by atomic mass is 9.99. The van der Waals surface area contributed by atoms with E-state index in [1.54, 1.807) is 0 Å². The molecule has 160 valence electrons. The molecule has 0 saturated carbocycles. The Morgan fingerprint density at radius 3 is 2.39 bits per heavy atom. The average Bonchev–Trinajstić information content (AvgIpc) is 2.81. The largest absolute Gasteiger partial charge is 0.354 e. The molecule has 4 rings (SSSR count). The topological polar surface area (TPSA) is 48.5 Å². The number of anilines is 1. The van der Waals surface area contributed by atoms with Gasteiger partial charge in [0.05, 0.1) is 0 Å². The molecular formula is C26H30N4O. The molecule has 0 aliphatic carbocycles. The van der Waals surface area contributed by atoms with Gasteiger partial charge in [0, 0.05) is 50.5 Å². The van der Waals surface area contributed by atoms with Gasteiger partial charge in [0.15, 0.2) is 0 Å². The Labute approximate surface area is 184 Å². The number of benzene rings is 2. The zero-order valence-electron chi connectivity index (χ0n) is 18.1. The second kappa shape index (κ2) is 10.2. The van der Waals surface area contributed by atoms with E-state index in [9.17, 15) is 4.79 Å². The molecule has 1 N–H and O–H groups in total. The molecule has 0 spiro atoms. The predicted molar refractivity (Wildman–Crippen MR) is 126 cm³/mol. The Morgan fingerprint density at radius 2 is 1.65 bits per heavy atom. The SMILES string of the molecule is CC(CN1CCN(c2ccccn2)CC1)NC(=O)c1ccccc1Cc1ccccc1. The van der Waals surface area contributed by atoms with Gasteiger partial charge in [0.25, 0.3) is 5.91 Å². The van der Waals surface area contributed by atoms with Gasteiger partial charge >= 0.3 is 0 Å². The number of hydrogen-bond donors (Lipinski definition) is 1. The molecule has 1 aliphatic rings. The number of amides is 1. The minimum absolute atomic E-state index is 0.00570. The van der Waals surface area contributed by atoms with Gasteiger partial charge in [-0.05, 0) is 42.7 Å². The van der Waals surface area contributed by atoms with Crippen LogP contribution in [0.25, 0.3) is 0 Å². The molecule has 31 heavy (non-hydrogen) atoms. The van der Waals surface area contributed by atoms with Crippen LogP contribution in [0, 0.1) is 0 Å². The zero-order chi connectivity index (χ0) is 21.5. The van der Waals surface area contributed by atoms with Crippen molar-refractivity contribution in [1.29, 1.82) is 0 Å². The lowest BCUT2D eigenvalue weighted by molar-refractivity contribution is 0.0927. The summed E-state index contributed by atoms with van der Waals surface area (Å²) in [5.74, 6) is 1.05. The quantitative estimate of drug-likeness (QED) is 0.642. The van der Waals surface area contributed by atoms with Crippen molar-refractivity contribution >= 4 is 11.7 Å². The van der Waals surface area contributed by atoms with Crippen LogP contribution in [0.2, 0.25) is 0 Å². The van der Waals surface area contributed by atoms with Gasteiger partial charge in [-0.3, -0.25) is 9.69 Å². The van der Waals surface area contributed by atoms with Crippen molar-refractivity contribution in [1.82, 2.24) is 15.2 Å². The summed E-state index contributed by atoms with van der Waals surface area (Å²) in [6, 6.07) is 24.3. The molecule has 1 unspecified atom stereocenters. The lowest BCUT2D eigenvalue weighted by Gasteiger charge is -2.36. The maximum absolute atomic E-state index is 13.0. The highest BCUT2D eigenvalue weighted by Crippen LogP contribution is 2.15. The normalized spacial score (nSPS) is 15.5. The number of pyridine rings is 1. The maximum Gasteiger partial charge on any atom is 0.251 e. The Kier molecular flexibility index (Phi) is 6.95. The van der Waals surface area contributed by atoms with Crippen molar-refractivity contribution in [2.45, 2.75) is 19.4 Å². The molecule has 1 aromatic heterocycles. The summed E-state index contributed by atoms with van der Waals surface area (Å²) in [5, 5.41) is 3.21. The minimum atomic E-state index is 0.00570.